The van der Waals surface area contributed by atoms with Gasteiger partial charge in [0.05, 0.1) is 12.6 Å². The molecule has 4 heteroatoms. The molecule has 3 aromatic rings. The first kappa shape index (κ1) is 14.6. The van der Waals surface area contributed by atoms with E-state index in [-0.39, 0.29) is 6.04 Å². The lowest BCUT2D eigenvalue weighted by Gasteiger charge is -2.17. The fourth-order valence-electron chi connectivity index (χ4n) is 2.46. The standard InChI is InChI=1S/C17H19NOS2/c1-3-18-17(12-6-5-7-13(10-12)19-4-2)16-11-15-14(21-16)8-9-20-15/h5-11,17-18H,3-4H2,1-2H3. The second kappa shape index (κ2) is 6.60. The van der Waals surface area contributed by atoms with E-state index < -0.39 is 0 Å². The number of benzene rings is 1. The van der Waals surface area contributed by atoms with Crippen LogP contribution in [0.3, 0.4) is 0 Å². The zero-order chi connectivity index (χ0) is 14.7. The predicted molar refractivity (Wildman–Crippen MR) is 92.8 cm³/mol. The maximum Gasteiger partial charge on any atom is 0.119 e. The third-order valence-electron chi connectivity index (χ3n) is 3.35. The zero-order valence-corrected chi connectivity index (χ0v) is 13.9. The van der Waals surface area contributed by atoms with Crippen molar-refractivity contribution in [3.05, 3.63) is 52.2 Å². The van der Waals surface area contributed by atoms with Crippen molar-refractivity contribution in [1.29, 1.82) is 0 Å². The molecule has 0 aliphatic carbocycles. The summed E-state index contributed by atoms with van der Waals surface area (Å²) in [6.45, 7) is 5.80. The lowest BCUT2D eigenvalue weighted by atomic mass is 10.0. The summed E-state index contributed by atoms with van der Waals surface area (Å²) in [5.41, 5.74) is 1.26. The van der Waals surface area contributed by atoms with Crippen molar-refractivity contribution in [1.82, 2.24) is 5.32 Å². The molecular formula is C17H19NOS2. The summed E-state index contributed by atoms with van der Waals surface area (Å²) in [6, 6.07) is 13.1. The monoisotopic (exact) mass is 317 g/mol. The van der Waals surface area contributed by atoms with Gasteiger partial charge in [0.1, 0.15) is 5.75 Å². The van der Waals surface area contributed by atoms with Crippen LogP contribution in [0, 0.1) is 0 Å². The molecule has 1 unspecified atom stereocenters. The van der Waals surface area contributed by atoms with E-state index in [0.717, 1.165) is 12.3 Å². The van der Waals surface area contributed by atoms with Crippen LogP contribution in [-0.2, 0) is 0 Å². The van der Waals surface area contributed by atoms with Gasteiger partial charge in [0.25, 0.3) is 0 Å². The fourth-order valence-corrected chi connectivity index (χ4v) is 4.69. The number of hydrogen-bond donors (Lipinski definition) is 1. The molecule has 0 fully saturated rings. The smallest absolute Gasteiger partial charge is 0.119 e. The molecule has 0 spiro atoms. The third kappa shape index (κ3) is 3.12. The Balaban J connectivity index is 1.96. The molecule has 0 amide bonds. The van der Waals surface area contributed by atoms with Gasteiger partial charge in [-0.2, -0.15) is 0 Å². The highest BCUT2D eigenvalue weighted by Gasteiger charge is 2.17. The first-order valence-corrected chi connectivity index (χ1v) is 8.94. The van der Waals surface area contributed by atoms with E-state index in [4.69, 9.17) is 4.74 Å². The molecule has 2 nitrogen and oxygen atoms in total. The molecule has 0 radical (unpaired) electrons. The molecule has 1 aromatic carbocycles. The van der Waals surface area contributed by atoms with Gasteiger partial charge in [0.2, 0.25) is 0 Å². The van der Waals surface area contributed by atoms with Crippen molar-refractivity contribution in [2.75, 3.05) is 13.2 Å². The van der Waals surface area contributed by atoms with Crippen LogP contribution in [0.4, 0.5) is 0 Å². The van der Waals surface area contributed by atoms with Gasteiger partial charge in [-0.3, -0.25) is 0 Å². The van der Waals surface area contributed by atoms with E-state index in [2.05, 4.69) is 48.0 Å². The van der Waals surface area contributed by atoms with Crippen molar-refractivity contribution >= 4 is 32.1 Å². The Hall–Kier alpha value is -1.36. The van der Waals surface area contributed by atoms with Crippen LogP contribution < -0.4 is 10.1 Å². The Morgan fingerprint density at radius 1 is 1.14 bits per heavy atom. The highest BCUT2D eigenvalue weighted by Crippen LogP contribution is 2.36. The number of nitrogens with one attached hydrogen (secondary N) is 1. The predicted octanol–water partition coefficient (Wildman–Crippen LogP) is 5.06. The van der Waals surface area contributed by atoms with Gasteiger partial charge in [0.15, 0.2) is 0 Å². The molecule has 0 saturated carbocycles. The molecule has 1 N–H and O–H groups in total. The van der Waals surface area contributed by atoms with Gasteiger partial charge in [-0.15, -0.1) is 22.7 Å². The number of thiophene rings is 2. The molecule has 3 rings (SSSR count). The number of fused-ring (bicyclic) bond motifs is 1. The van der Waals surface area contributed by atoms with Gasteiger partial charge in [-0.05, 0) is 48.7 Å². The minimum Gasteiger partial charge on any atom is -0.494 e. The number of hydrogen-bond acceptors (Lipinski definition) is 4. The lowest BCUT2D eigenvalue weighted by Crippen LogP contribution is -2.21. The van der Waals surface area contributed by atoms with Gasteiger partial charge in [-0.25, -0.2) is 0 Å². The van der Waals surface area contributed by atoms with Crippen molar-refractivity contribution in [3.63, 3.8) is 0 Å². The normalized spacial score (nSPS) is 12.7. The van der Waals surface area contributed by atoms with Crippen LogP contribution in [-0.4, -0.2) is 13.2 Å². The molecule has 2 heterocycles. The van der Waals surface area contributed by atoms with Crippen LogP contribution >= 0.6 is 22.7 Å². The van der Waals surface area contributed by atoms with Crippen LogP contribution in [0.5, 0.6) is 5.75 Å². The Bertz CT molecular complexity index is 688. The lowest BCUT2D eigenvalue weighted by molar-refractivity contribution is 0.339. The third-order valence-corrected chi connectivity index (χ3v) is 5.51. The Labute approximate surface area is 133 Å². The molecule has 0 aliphatic heterocycles. The number of rotatable bonds is 6. The van der Waals surface area contributed by atoms with Crippen molar-refractivity contribution in [2.45, 2.75) is 19.9 Å². The van der Waals surface area contributed by atoms with Gasteiger partial charge in [0, 0.05) is 14.3 Å². The maximum absolute atomic E-state index is 5.63. The quantitative estimate of drug-likeness (QED) is 0.686. The summed E-state index contributed by atoms with van der Waals surface area (Å²) in [7, 11) is 0. The largest absolute Gasteiger partial charge is 0.494 e. The Morgan fingerprint density at radius 2 is 2.05 bits per heavy atom. The summed E-state index contributed by atoms with van der Waals surface area (Å²) >= 11 is 3.68. The Morgan fingerprint density at radius 3 is 2.81 bits per heavy atom. The second-order valence-electron chi connectivity index (χ2n) is 4.79. The summed E-state index contributed by atoms with van der Waals surface area (Å²) in [5.74, 6) is 0.941. The average molecular weight is 317 g/mol. The minimum absolute atomic E-state index is 0.236. The van der Waals surface area contributed by atoms with E-state index in [9.17, 15) is 0 Å². The molecule has 0 bridgehead atoms. The minimum atomic E-state index is 0.236. The molecule has 0 aliphatic rings. The van der Waals surface area contributed by atoms with Crippen molar-refractivity contribution in [2.24, 2.45) is 0 Å². The first-order valence-electron chi connectivity index (χ1n) is 7.25. The molecule has 2 aromatic heterocycles. The molecule has 0 saturated heterocycles. The van der Waals surface area contributed by atoms with Gasteiger partial charge < -0.3 is 10.1 Å². The van der Waals surface area contributed by atoms with Crippen molar-refractivity contribution < 1.29 is 4.74 Å². The van der Waals surface area contributed by atoms with E-state index in [1.54, 1.807) is 0 Å². The van der Waals surface area contributed by atoms with Crippen LogP contribution in [0.2, 0.25) is 0 Å². The van der Waals surface area contributed by atoms with Crippen LogP contribution in [0.25, 0.3) is 9.40 Å². The van der Waals surface area contributed by atoms with Crippen LogP contribution in [0.1, 0.15) is 30.3 Å². The summed E-state index contributed by atoms with van der Waals surface area (Å²) in [4.78, 5) is 1.37. The molecule has 110 valence electrons. The van der Waals surface area contributed by atoms with Gasteiger partial charge in [-0.1, -0.05) is 19.1 Å². The second-order valence-corrected chi connectivity index (χ2v) is 6.86. The summed E-state index contributed by atoms with van der Waals surface area (Å²) in [6.07, 6.45) is 0. The zero-order valence-electron chi connectivity index (χ0n) is 12.3. The highest BCUT2D eigenvalue weighted by molar-refractivity contribution is 7.27. The van der Waals surface area contributed by atoms with E-state index in [1.165, 1.54) is 19.8 Å². The van der Waals surface area contributed by atoms with E-state index >= 15 is 0 Å². The average Bonchev–Trinajstić information content (AvgIpc) is 3.06. The SMILES string of the molecule is CCNC(c1cccc(OCC)c1)c1cc2sccc2s1. The summed E-state index contributed by atoms with van der Waals surface area (Å²) < 4.78 is 8.38. The molecule has 21 heavy (non-hydrogen) atoms. The maximum atomic E-state index is 5.63. The van der Waals surface area contributed by atoms with Crippen molar-refractivity contribution in [3.8, 4) is 5.75 Å². The Kier molecular flexibility index (Phi) is 4.58. The van der Waals surface area contributed by atoms with Crippen LogP contribution in [0.15, 0.2) is 41.8 Å². The van der Waals surface area contributed by atoms with E-state index in [0.29, 0.717) is 6.61 Å². The molecular weight excluding hydrogens is 298 g/mol. The first-order chi connectivity index (χ1) is 10.3. The van der Waals surface area contributed by atoms with E-state index in [1.807, 2.05) is 35.7 Å². The summed E-state index contributed by atoms with van der Waals surface area (Å²) in [5, 5.41) is 5.75. The number of ether oxygens (including phenoxy) is 1. The highest BCUT2D eigenvalue weighted by atomic mass is 32.1. The topological polar surface area (TPSA) is 21.3 Å². The molecule has 1 atom stereocenters. The fraction of sp³-hybridized carbons (Fsp3) is 0.294. The van der Waals surface area contributed by atoms with Gasteiger partial charge >= 0.3 is 0 Å².